The number of phenolic OH excluding ortho intramolecular Hbond substituents is 1. The van der Waals surface area contributed by atoms with Gasteiger partial charge in [-0.05, 0) is 18.2 Å². The van der Waals surface area contributed by atoms with E-state index in [2.05, 4.69) is 14.7 Å². The fourth-order valence-corrected chi connectivity index (χ4v) is 1.39. The third-order valence-corrected chi connectivity index (χ3v) is 2.21. The number of imidazole rings is 1. The zero-order valence-electron chi connectivity index (χ0n) is 8.60. The number of aromatic nitrogens is 2. The van der Waals surface area contributed by atoms with Crippen molar-refractivity contribution < 1.29 is 14.6 Å². The van der Waals surface area contributed by atoms with Crippen LogP contribution in [-0.2, 0) is 4.74 Å². The van der Waals surface area contributed by atoms with E-state index in [4.69, 9.17) is 0 Å². The molecule has 1 aromatic carbocycles. The Kier molecular flexibility index (Phi) is 2.59. The van der Waals surface area contributed by atoms with Gasteiger partial charge in [0.1, 0.15) is 11.3 Å². The van der Waals surface area contributed by atoms with E-state index in [1.54, 1.807) is 24.7 Å². The second-order valence-electron chi connectivity index (χ2n) is 3.19. The summed E-state index contributed by atoms with van der Waals surface area (Å²) in [4.78, 5) is 18.1. The highest BCUT2D eigenvalue weighted by Crippen LogP contribution is 2.24. The molecular formula is C11H10N2O3. The molecule has 1 aromatic heterocycles. The Morgan fingerprint density at radius 3 is 2.94 bits per heavy atom. The number of phenols is 1. The average molecular weight is 218 g/mol. The van der Waals surface area contributed by atoms with Crippen molar-refractivity contribution in [3.05, 3.63) is 36.3 Å². The van der Waals surface area contributed by atoms with Gasteiger partial charge in [0.25, 0.3) is 0 Å². The molecule has 0 aliphatic rings. The lowest BCUT2D eigenvalue weighted by Crippen LogP contribution is -2.01. The summed E-state index contributed by atoms with van der Waals surface area (Å²) < 4.78 is 4.56. The third kappa shape index (κ3) is 1.75. The van der Waals surface area contributed by atoms with Crippen LogP contribution >= 0.6 is 0 Å². The topological polar surface area (TPSA) is 75.2 Å². The van der Waals surface area contributed by atoms with Gasteiger partial charge in [-0.1, -0.05) is 0 Å². The molecule has 0 spiro atoms. The molecular weight excluding hydrogens is 208 g/mol. The van der Waals surface area contributed by atoms with E-state index in [1.165, 1.54) is 13.2 Å². The van der Waals surface area contributed by atoms with Gasteiger partial charge >= 0.3 is 5.97 Å². The first-order valence-electron chi connectivity index (χ1n) is 4.62. The van der Waals surface area contributed by atoms with Crippen molar-refractivity contribution in [1.29, 1.82) is 0 Å². The van der Waals surface area contributed by atoms with Gasteiger partial charge in [0.05, 0.1) is 25.3 Å². The number of hydrogen-bond donors (Lipinski definition) is 2. The highest BCUT2D eigenvalue weighted by atomic mass is 16.5. The van der Waals surface area contributed by atoms with Crippen LogP contribution in [0.15, 0.2) is 30.7 Å². The fourth-order valence-electron chi connectivity index (χ4n) is 1.39. The van der Waals surface area contributed by atoms with Crippen LogP contribution in [0.25, 0.3) is 11.3 Å². The van der Waals surface area contributed by atoms with Gasteiger partial charge in [0, 0.05) is 5.56 Å². The molecule has 2 N–H and O–H groups in total. The van der Waals surface area contributed by atoms with Gasteiger partial charge < -0.3 is 14.8 Å². The summed E-state index contributed by atoms with van der Waals surface area (Å²) in [5.74, 6) is -0.672. The lowest BCUT2D eigenvalue weighted by Gasteiger charge is -2.04. The van der Waals surface area contributed by atoms with E-state index in [0.717, 1.165) is 11.3 Å². The molecule has 0 saturated carbocycles. The molecule has 0 fully saturated rings. The number of H-pyrrole nitrogens is 1. The van der Waals surface area contributed by atoms with E-state index in [1.807, 2.05) is 0 Å². The summed E-state index contributed by atoms with van der Waals surface area (Å²) in [7, 11) is 1.27. The SMILES string of the molecule is COC(=O)c1cc(-c2cnc[nH]2)ccc1O. The molecule has 0 amide bonds. The summed E-state index contributed by atoms with van der Waals surface area (Å²) in [6.45, 7) is 0. The van der Waals surface area contributed by atoms with Gasteiger partial charge in [0.15, 0.2) is 0 Å². The molecule has 0 aliphatic carbocycles. The molecule has 0 unspecified atom stereocenters. The molecule has 5 nitrogen and oxygen atoms in total. The second kappa shape index (κ2) is 4.06. The Hall–Kier alpha value is -2.30. The van der Waals surface area contributed by atoms with E-state index >= 15 is 0 Å². The molecule has 2 aromatic rings. The Bertz CT molecular complexity index is 506. The van der Waals surface area contributed by atoms with Crippen LogP contribution in [0.4, 0.5) is 0 Å². The number of hydrogen-bond acceptors (Lipinski definition) is 4. The molecule has 82 valence electrons. The lowest BCUT2D eigenvalue weighted by molar-refractivity contribution is 0.0597. The molecule has 0 aliphatic heterocycles. The zero-order valence-corrected chi connectivity index (χ0v) is 8.60. The smallest absolute Gasteiger partial charge is 0.341 e. The van der Waals surface area contributed by atoms with Crippen LogP contribution in [0, 0.1) is 0 Å². The maximum Gasteiger partial charge on any atom is 0.341 e. The summed E-state index contributed by atoms with van der Waals surface area (Å²) >= 11 is 0. The fraction of sp³-hybridized carbons (Fsp3) is 0.0909. The zero-order chi connectivity index (χ0) is 11.5. The normalized spacial score (nSPS) is 10.1. The highest BCUT2D eigenvalue weighted by molar-refractivity contribution is 5.93. The highest BCUT2D eigenvalue weighted by Gasteiger charge is 2.12. The largest absolute Gasteiger partial charge is 0.507 e. The van der Waals surface area contributed by atoms with Crippen LogP contribution in [0.1, 0.15) is 10.4 Å². The van der Waals surface area contributed by atoms with Crippen molar-refractivity contribution >= 4 is 5.97 Å². The molecule has 0 atom stereocenters. The third-order valence-electron chi connectivity index (χ3n) is 2.21. The van der Waals surface area contributed by atoms with Crippen molar-refractivity contribution in [3.63, 3.8) is 0 Å². The van der Waals surface area contributed by atoms with Crippen LogP contribution in [-0.4, -0.2) is 28.2 Å². The Morgan fingerprint density at radius 1 is 1.50 bits per heavy atom. The van der Waals surface area contributed by atoms with E-state index in [-0.39, 0.29) is 11.3 Å². The molecule has 5 heteroatoms. The predicted octanol–water partition coefficient (Wildman–Crippen LogP) is 1.57. The van der Waals surface area contributed by atoms with E-state index in [9.17, 15) is 9.90 Å². The molecule has 16 heavy (non-hydrogen) atoms. The molecule has 0 saturated heterocycles. The maximum atomic E-state index is 11.3. The first kappa shape index (κ1) is 10.2. The van der Waals surface area contributed by atoms with Crippen molar-refractivity contribution in [3.8, 4) is 17.0 Å². The minimum atomic E-state index is -0.570. The molecule has 0 radical (unpaired) electrons. The predicted molar refractivity (Wildman–Crippen MR) is 57.0 cm³/mol. The first-order chi connectivity index (χ1) is 7.72. The van der Waals surface area contributed by atoms with E-state index < -0.39 is 5.97 Å². The Balaban J connectivity index is 2.47. The number of carbonyl (C=O) groups is 1. The summed E-state index contributed by atoms with van der Waals surface area (Å²) in [6, 6.07) is 4.69. The van der Waals surface area contributed by atoms with Crippen LogP contribution in [0.3, 0.4) is 0 Å². The number of carbonyl (C=O) groups excluding carboxylic acids is 1. The summed E-state index contributed by atoms with van der Waals surface area (Å²) in [5.41, 5.74) is 1.66. The van der Waals surface area contributed by atoms with Gasteiger partial charge in [-0.15, -0.1) is 0 Å². The quantitative estimate of drug-likeness (QED) is 0.750. The van der Waals surface area contributed by atoms with Crippen LogP contribution in [0.5, 0.6) is 5.75 Å². The number of methoxy groups -OCH3 is 1. The average Bonchev–Trinajstić information content (AvgIpc) is 2.82. The Morgan fingerprint density at radius 2 is 2.31 bits per heavy atom. The molecule has 2 rings (SSSR count). The van der Waals surface area contributed by atoms with Crippen LogP contribution in [0.2, 0.25) is 0 Å². The number of nitrogens with zero attached hydrogens (tertiary/aromatic N) is 1. The lowest BCUT2D eigenvalue weighted by atomic mass is 10.1. The van der Waals surface area contributed by atoms with Gasteiger partial charge in [-0.3, -0.25) is 0 Å². The summed E-state index contributed by atoms with van der Waals surface area (Å²) in [5, 5.41) is 9.51. The standard InChI is InChI=1S/C11H10N2O3/c1-16-11(15)8-4-7(2-3-10(8)14)9-5-12-6-13-9/h2-6,14H,1H3,(H,12,13). The second-order valence-corrected chi connectivity index (χ2v) is 3.19. The minimum Gasteiger partial charge on any atom is -0.507 e. The minimum absolute atomic E-state index is 0.102. The van der Waals surface area contributed by atoms with Crippen molar-refractivity contribution in [2.45, 2.75) is 0 Å². The van der Waals surface area contributed by atoms with Gasteiger partial charge in [0.2, 0.25) is 0 Å². The number of aromatic hydroxyl groups is 1. The Labute approximate surface area is 91.7 Å². The first-order valence-corrected chi connectivity index (χ1v) is 4.62. The number of nitrogens with one attached hydrogen (secondary N) is 1. The van der Waals surface area contributed by atoms with Crippen molar-refractivity contribution in [2.75, 3.05) is 7.11 Å². The number of benzene rings is 1. The van der Waals surface area contributed by atoms with Crippen molar-refractivity contribution in [2.24, 2.45) is 0 Å². The van der Waals surface area contributed by atoms with Gasteiger partial charge in [-0.2, -0.15) is 0 Å². The number of esters is 1. The van der Waals surface area contributed by atoms with E-state index in [0.29, 0.717) is 0 Å². The van der Waals surface area contributed by atoms with Gasteiger partial charge in [-0.25, -0.2) is 9.78 Å². The van der Waals surface area contributed by atoms with Crippen molar-refractivity contribution in [1.82, 2.24) is 9.97 Å². The number of rotatable bonds is 2. The molecule has 0 bridgehead atoms. The molecule has 1 heterocycles. The number of aromatic amines is 1. The van der Waals surface area contributed by atoms with Crippen LogP contribution < -0.4 is 0 Å². The summed E-state index contributed by atoms with van der Waals surface area (Å²) in [6.07, 6.45) is 3.17. The monoisotopic (exact) mass is 218 g/mol. The maximum absolute atomic E-state index is 11.3. The number of ether oxygens (including phenoxy) is 1.